The second-order valence-electron chi connectivity index (χ2n) is 5.52. The molecular formula is C19H16FNO5. The highest BCUT2D eigenvalue weighted by atomic mass is 19.1. The Bertz CT molecular complexity index is 865. The maximum atomic E-state index is 13.1. The largest absolute Gasteiger partial charge is 0.454 e. The first kappa shape index (κ1) is 17.5. The number of halogens is 1. The minimum absolute atomic E-state index is 0.137. The number of nitrogens with one attached hydrogen (secondary N) is 1. The lowest BCUT2D eigenvalue weighted by Crippen LogP contribution is -2.29. The summed E-state index contributed by atoms with van der Waals surface area (Å²) in [4.78, 5) is 23.9. The SMILES string of the molecule is CC(OC(=O)/C=C/c1cccc(F)c1)C(=O)Nc1ccc2c(c1)OCO2. The molecule has 2 aromatic rings. The molecule has 7 heteroatoms. The first-order chi connectivity index (χ1) is 12.5. The Hall–Kier alpha value is -3.35. The van der Waals surface area contributed by atoms with Gasteiger partial charge in [0.05, 0.1) is 0 Å². The van der Waals surface area contributed by atoms with Crippen molar-refractivity contribution >= 4 is 23.6 Å². The van der Waals surface area contributed by atoms with Crippen LogP contribution in [0.4, 0.5) is 10.1 Å². The number of hydrogen-bond acceptors (Lipinski definition) is 5. The summed E-state index contributed by atoms with van der Waals surface area (Å²) >= 11 is 0. The molecule has 0 aliphatic carbocycles. The molecule has 0 saturated heterocycles. The highest BCUT2D eigenvalue weighted by molar-refractivity contribution is 5.96. The van der Waals surface area contributed by atoms with Gasteiger partial charge in [-0.2, -0.15) is 0 Å². The Morgan fingerprint density at radius 1 is 1.19 bits per heavy atom. The van der Waals surface area contributed by atoms with Crippen LogP contribution in [-0.4, -0.2) is 24.8 Å². The first-order valence-electron chi connectivity index (χ1n) is 7.86. The molecular weight excluding hydrogens is 341 g/mol. The van der Waals surface area contributed by atoms with Gasteiger partial charge in [-0.25, -0.2) is 9.18 Å². The van der Waals surface area contributed by atoms with E-state index in [0.717, 1.165) is 6.08 Å². The number of esters is 1. The molecule has 1 amide bonds. The zero-order valence-corrected chi connectivity index (χ0v) is 13.9. The lowest BCUT2D eigenvalue weighted by molar-refractivity contribution is -0.148. The molecule has 1 unspecified atom stereocenters. The van der Waals surface area contributed by atoms with Crippen molar-refractivity contribution in [2.45, 2.75) is 13.0 Å². The van der Waals surface area contributed by atoms with E-state index in [-0.39, 0.29) is 6.79 Å². The summed E-state index contributed by atoms with van der Waals surface area (Å²) in [5.41, 5.74) is 1.01. The molecule has 1 aliphatic rings. The van der Waals surface area contributed by atoms with Crippen LogP contribution in [0.3, 0.4) is 0 Å². The topological polar surface area (TPSA) is 73.9 Å². The number of anilines is 1. The fourth-order valence-electron chi connectivity index (χ4n) is 2.26. The van der Waals surface area contributed by atoms with Crippen LogP contribution in [0.1, 0.15) is 12.5 Å². The lowest BCUT2D eigenvalue weighted by atomic mass is 10.2. The Morgan fingerprint density at radius 3 is 2.81 bits per heavy atom. The van der Waals surface area contributed by atoms with Crippen LogP contribution in [-0.2, 0) is 14.3 Å². The van der Waals surface area contributed by atoms with Crippen molar-refractivity contribution in [1.82, 2.24) is 0 Å². The normalized spacial score (nSPS) is 13.5. The second kappa shape index (κ2) is 7.69. The molecule has 1 N–H and O–H groups in total. The summed E-state index contributed by atoms with van der Waals surface area (Å²) in [5.74, 6) is -0.466. The van der Waals surface area contributed by atoms with Crippen molar-refractivity contribution < 1.29 is 28.2 Å². The van der Waals surface area contributed by atoms with E-state index in [1.54, 1.807) is 24.3 Å². The van der Waals surface area contributed by atoms with Gasteiger partial charge in [0, 0.05) is 17.8 Å². The lowest BCUT2D eigenvalue weighted by Gasteiger charge is -2.12. The molecule has 134 valence electrons. The molecule has 6 nitrogen and oxygen atoms in total. The van der Waals surface area contributed by atoms with Crippen molar-refractivity contribution in [1.29, 1.82) is 0 Å². The van der Waals surface area contributed by atoms with Crippen LogP contribution < -0.4 is 14.8 Å². The van der Waals surface area contributed by atoms with Crippen molar-refractivity contribution in [3.63, 3.8) is 0 Å². The minimum Gasteiger partial charge on any atom is -0.454 e. The van der Waals surface area contributed by atoms with Gasteiger partial charge < -0.3 is 19.5 Å². The number of benzene rings is 2. The van der Waals surface area contributed by atoms with Gasteiger partial charge in [-0.1, -0.05) is 12.1 Å². The number of hydrogen-bond donors (Lipinski definition) is 1. The number of fused-ring (bicyclic) bond motifs is 1. The maximum absolute atomic E-state index is 13.1. The predicted molar refractivity (Wildman–Crippen MR) is 92.2 cm³/mol. The van der Waals surface area contributed by atoms with Gasteiger partial charge in [-0.05, 0) is 42.8 Å². The van der Waals surface area contributed by atoms with E-state index >= 15 is 0 Å². The Morgan fingerprint density at radius 2 is 2.00 bits per heavy atom. The van der Waals surface area contributed by atoms with Crippen molar-refractivity contribution in [2.75, 3.05) is 12.1 Å². The average Bonchev–Trinajstić information content (AvgIpc) is 3.07. The number of amides is 1. The van der Waals surface area contributed by atoms with E-state index in [4.69, 9.17) is 14.2 Å². The average molecular weight is 357 g/mol. The summed E-state index contributed by atoms with van der Waals surface area (Å²) < 4.78 is 28.5. The van der Waals surface area contributed by atoms with Crippen LogP contribution in [0.5, 0.6) is 11.5 Å². The molecule has 2 aromatic carbocycles. The molecule has 0 saturated carbocycles. The van der Waals surface area contributed by atoms with Gasteiger partial charge in [0.1, 0.15) is 5.82 Å². The molecule has 0 spiro atoms. The van der Waals surface area contributed by atoms with E-state index in [2.05, 4.69) is 5.32 Å². The summed E-state index contributed by atoms with van der Waals surface area (Å²) in [6, 6.07) is 10.7. The summed E-state index contributed by atoms with van der Waals surface area (Å²) in [6.07, 6.45) is 1.54. The molecule has 1 aliphatic heterocycles. The fraction of sp³-hybridized carbons (Fsp3) is 0.158. The van der Waals surface area contributed by atoms with Gasteiger partial charge in [0.25, 0.3) is 5.91 Å². The quantitative estimate of drug-likeness (QED) is 0.657. The van der Waals surface area contributed by atoms with Gasteiger partial charge >= 0.3 is 5.97 Å². The van der Waals surface area contributed by atoms with Crippen LogP contribution in [0, 0.1) is 5.82 Å². The minimum atomic E-state index is -1.01. The summed E-state index contributed by atoms with van der Waals surface area (Å²) in [7, 11) is 0. The number of carbonyl (C=O) groups is 2. The highest BCUT2D eigenvalue weighted by Gasteiger charge is 2.19. The maximum Gasteiger partial charge on any atom is 0.331 e. The number of carbonyl (C=O) groups excluding carboxylic acids is 2. The Labute approximate surface area is 149 Å². The molecule has 0 aromatic heterocycles. The predicted octanol–water partition coefficient (Wildman–Crippen LogP) is 3.14. The van der Waals surface area contributed by atoms with Gasteiger partial charge in [-0.3, -0.25) is 4.79 Å². The van der Waals surface area contributed by atoms with Crippen molar-refractivity contribution in [3.8, 4) is 11.5 Å². The number of ether oxygens (including phenoxy) is 3. The van der Waals surface area contributed by atoms with E-state index in [9.17, 15) is 14.0 Å². The highest BCUT2D eigenvalue weighted by Crippen LogP contribution is 2.34. The van der Waals surface area contributed by atoms with Gasteiger partial charge in [0.15, 0.2) is 17.6 Å². The molecule has 26 heavy (non-hydrogen) atoms. The van der Waals surface area contributed by atoms with E-state index in [0.29, 0.717) is 22.7 Å². The Balaban J connectivity index is 1.54. The third-order valence-corrected chi connectivity index (χ3v) is 3.56. The zero-order valence-electron chi connectivity index (χ0n) is 13.9. The summed E-state index contributed by atoms with van der Waals surface area (Å²) in [5, 5.41) is 2.63. The van der Waals surface area contributed by atoms with Crippen LogP contribution in [0.2, 0.25) is 0 Å². The summed E-state index contributed by atoms with van der Waals surface area (Å²) in [6.45, 7) is 1.59. The monoisotopic (exact) mass is 357 g/mol. The molecule has 1 heterocycles. The number of rotatable bonds is 5. The van der Waals surface area contributed by atoms with Crippen LogP contribution in [0.15, 0.2) is 48.5 Å². The van der Waals surface area contributed by atoms with Crippen molar-refractivity contribution in [3.05, 3.63) is 59.9 Å². The molecule has 0 bridgehead atoms. The van der Waals surface area contributed by atoms with E-state index in [1.807, 2.05) is 0 Å². The fourth-order valence-corrected chi connectivity index (χ4v) is 2.26. The van der Waals surface area contributed by atoms with Crippen LogP contribution >= 0.6 is 0 Å². The van der Waals surface area contributed by atoms with Crippen molar-refractivity contribution in [2.24, 2.45) is 0 Å². The van der Waals surface area contributed by atoms with Gasteiger partial charge in [-0.15, -0.1) is 0 Å². The zero-order chi connectivity index (χ0) is 18.5. The second-order valence-corrected chi connectivity index (χ2v) is 5.52. The van der Waals surface area contributed by atoms with E-state index in [1.165, 1.54) is 31.2 Å². The smallest absolute Gasteiger partial charge is 0.331 e. The standard InChI is InChI=1S/C19H16FNO5/c1-12(26-18(22)8-5-13-3-2-4-14(20)9-13)19(23)21-15-6-7-16-17(10-15)25-11-24-16/h2-10,12H,11H2,1H3,(H,21,23)/b8-5+. The molecule has 1 atom stereocenters. The van der Waals surface area contributed by atoms with Crippen LogP contribution in [0.25, 0.3) is 6.08 Å². The van der Waals surface area contributed by atoms with E-state index < -0.39 is 23.8 Å². The third kappa shape index (κ3) is 4.38. The first-order valence-corrected chi connectivity index (χ1v) is 7.86. The molecule has 3 rings (SSSR count). The molecule has 0 fully saturated rings. The Kier molecular flexibility index (Phi) is 5.17. The molecule has 0 radical (unpaired) electrons. The third-order valence-electron chi connectivity index (χ3n) is 3.56. The van der Waals surface area contributed by atoms with Gasteiger partial charge in [0.2, 0.25) is 6.79 Å².